The van der Waals surface area contributed by atoms with E-state index in [-0.39, 0.29) is 5.91 Å². The van der Waals surface area contributed by atoms with Gasteiger partial charge in [-0.1, -0.05) is 13.8 Å². The summed E-state index contributed by atoms with van der Waals surface area (Å²) < 4.78 is 0. The van der Waals surface area contributed by atoms with Crippen LogP contribution in [0, 0.1) is 6.92 Å². The lowest BCUT2D eigenvalue weighted by Crippen LogP contribution is -2.29. The first-order chi connectivity index (χ1) is 8.75. The Morgan fingerprint density at radius 3 is 2.67 bits per heavy atom. The molecule has 0 radical (unpaired) electrons. The first kappa shape index (κ1) is 14.3. The van der Waals surface area contributed by atoms with Crippen LogP contribution in [0.3, 0.4) is 0 Å². The van der Waals surface area contributed by atoms with E-state index in [1.165, 1.54) is 11.3 Å². The predicted octanol–water partition coefficient (Wildman–Crippen LogP) is 2.32. The molecule has 0 saturated carbocycles. The summed E-state index contributed by atoms with van der Waals surface area (Å²) in [5, 5.41) is 2.87. The number of amides is 1. The number of nitrogens with one attached hydrogen (secondary N) is 3. The van der Waals surface area contributed by atoms with Crippen molar-refractivity contribution in [2.75, 3.05) is 6.54 Å². The maximum Gasteiger partial charge on any atom is 0.261 e. The van der Waals surface area contributed by atoms with Gasteiger partial charge in [-0.15, -0.1) is 11.3 Å². The molecule has 0 bridgehead atoms. The minimum atomic E-state index is -0.0223. The van der Waals surface area contributed by atoms with Crippen molar-refractivity contribution in [3.8, 4) is 0 Å². The number of carbonyl (C=O) groups is 1. The zero-order chi connectivity index (χ0) is 13.4. The average Bonchev–Trinajstić information content (AvgIpc) is 2.86. The molecule has 1 amide bonds. The maximum atomic E-state index is 11.7. The highest BCUT2D eigenvalue weighted by Gasteiger charge is 2.07. The third kappa shape index (κ3) is 4.25. The lowest BCUT2D eigenvalue weighted by Gasteiger charge is -2.10. The van der Waals surface area contributed by atoms with Crippen LogP contribution < -0.4 is 16.2 Å². The van der Waals surface area contributed by atoms with E-state index in [4.69, 9.17) is 0 Å². The molecule has 2 rings (SSSR count). The third-order valence-corrected chi connectivity index (χ3v) is 3.14. The van der Waals surface area contributed by atoms with Crippen LogP contribution in [0.5, 0.6) is 0 Å². The van der Waals surface area contributed by atoms with Crippen LogP contribution in [-0.2, 0) is 0 Å². The van der Waals surface area contributed by atoms with Gasteiger partial charge in [-0.2, -0.15) is 0 Å². The maximum absolute atomic E-state index is 11.7. The Morgan fingerprint density at radius 2 is 2.11 bits per heavy atom. The lowest BCUT2D eigenvalue weighted by atomic mass is 10.2. The molecule has 1 aromatic rings. The molecule has 0 saturated heterocycles. The number of thiophene rings is 1. The Kier molecular flexibility index (Phi) is 6.00. The number of aryl methyl sites for hydroxylation is 1. The average molecular weight is 265 g/mol. The Hall–Kier alpha value is -1.75. The lowest BCUT2D eigenvalue weighted by molar-refractivity contribution is 0.0961. The number of hydrazine groups is 1. The number of carbonyl (C=O) groups excluding carboxylic acids is 1. The zero-order valence-electron chi connectivity index (χ0n) is 10.9. The molecule has 1 aliphatic rings. The van der Waals surface area contributed by atoms with Gasteiger partial charge in [-0.05, 0) is 30.7 Å². The molecule has 0 atom stereocenters. The van der Waals surface area contributed by atoms with Crippen molar-refractivity contribution < 1.29 is 4.79 Å². The molecule has 4 nitrogen and oxygen atoms in total. The molecule has 1 aromatic heterocycles. The first-order valence-electron chi connectivity index (χ1n) is 5.97. The van der Waals surface area contributed by atoms with Crippen LogP contribution in [-0.4, -0.2) is 12.5 Å². The second-order valence-electron chi connectivity index (χ2n) is 3.43. The van der Waals surface area contributed by atoms with E-state index in [1.807, 2.05) is 45.2 Å². The van der Waals surface area contributed by atoms with Crippen LogP contribution in [0.15, 0.2) is 36.2 Å². The van der Waals surface area contributed by atoms with Crippen LogP contribution >= 0.6 is 11.3 Å². The third-order valence-electron chi connectivity index (χ3n) is 2.14. The molecule has 0 spiro atoms. The molecule has 0 aliphatic carbocycles. The van der Waals surface area contributed by atoms with Crippen LogP contribution in [0.25, 0.3) is 0 Å². The summed E-state index contributed by atoms with van der Waals surface area (Å²) in [7, 11) is 0. The topological polar surface area (TPSA) is 53.2 Å². The Bertz CT molecular complexity index is 449. The standard InChI is InChI=1S/C11H13N3OS.C2H6/c1-8-2-3-10(16-8)11(15)12-6-9-4-5-13-14-7-9;1-2/h2-5,7,13-14H,6H2,1H3,(H,12,15);1-2H3. The second kappa shape index (κ2) is 7.55. The fourth-order valence-corrected chi connectivity index (χ4v) is 2.10. The molecule has 5 heteroatoms. The summed E-state index contributed by atoms with van der Waals surface area (Å²) in [5.74, 6) is -0.0223. The van der Waals surface area contributed by atoms with Crippen molar-refractivity contribution in [2.45, 2.75) is 20.8 Å². The van der Waals surface area contributed by atoms with Crippen molar-refractivity contribution in [1.29, 1.82) is 0 Å². The molecule has 18 heavy (non-hydrogen) atoms. The molecule has 0 aromatic carbocycles. The number of rotatable bonds is 3. The normalized spacial score (nSPS) is 12.5. The van der Waals surface area contributed by atoms with Crippen molar-refractivity contribution >= 4 is 17.2 Å². The predicted molar refractivity (Wildman–Crippen MR) is 76.2 cm³/mol. The van der Waals surface area contributed by atoms with E-state index in [1.54, 1.807) is 6.20 Å². The fraction of sp³-hybridized carbons (Fsp3) is 0.308. The van der Waals surface area contributed by atoms with E-state index in [0.29, 0.717) is 6.54 Å². The second-order valence-corrected chi connectivity index (χ2v) is 4.72. The van der Waals surface area contributed by atoms with Gasteiger partial charge in [0.25, 0.3) is 5.91 Å². The van der Waals surface area contributed by atoms with Crippen LogP contribution in [0.1, 0.15) is 28.4 Å². The van der Waals surface area contributed by atoms with Gasteiger partial charge in [0.15, 0.2) is 0 Å². The SMILES string of the molecule is CC.Cc1ccc(C(=O)NCC2=CNNC=C2)s1. The molecule has 2 heterocycles. The molecule has 0 fully saturated rings. The highest BCUT2D eigenvalue weighted by Crippen LogP contribution is 2.14. The Labute approximate surface area is 112 Å². The molecular formula is C13H19N3OS. The minimum absolute atomic E-state index is 0.0223. The Balaban J connectivity index is 0.000000771. The monoisotopic (exact) mass is 265 g/mol. The first-order valence-corrected chi connectivity index (χ1v) is 6.78. The molecular weight excluding hydrogens is 246 g/mol. The van der Waals surface area contributed by atoms with E-state index in [0.717, 1.165) is 15.3 Å². The van der Waals surface area contributed by atoms with Gasteiger partial charge in [0.2, 0.25) is 0 Å². The number of hydrogen-bond acceptors (Lipinski definition) is 4. The highest BCUT2D eigenvalue weighted by molar-refractivity contribution is 7.13. The summed E-state index contributed by atoms with van der Waals surface area (Å²) in [6, 6.07) is 3.80. The zero-order valence-corrected chi connectivity index (χ0v) is 11.7. The molecule has 0 unspecified atom stereocenters. The largest absolute Gasteiger partial charge is 0.347 e. The van der Waals surface area contributed by atoms with Crippen LogP contribution in [0.4, 0.5) is 0 Å². The number of hydrogen-bond donors (Lipinski definition) is 3. The van der Waals surface area contributed by atoms with Gasteiger partial charge in [-0.3, -0.25) is 4.79 Å². The summed E-state index contributed by atoms with van der Waals surface area (Å²) in [5.41, 5.74) is 6.70. The van der Waals surface area contributed by atoms with E-state index < -0.39 is 0 Å². The van der Waals surface area contributed by atoms with Crippen molar-refractivity contribution in [3.05, 3.63) is 45.9 Å². The van der Waals surface area contributed by atoms with Crippen molar-refractivity contribution in [1.82, 2.24) is 16.2 Å². The van der Waals surface area contributed by atoms with E-state index >= 15 is 0 Å². The van der Waals surface area contributed by atoms with Gasteiger partial charge < -0.3 is 16.2 Å². The minimum Gasteiger partial charge on any atom is -0.347 e. The van der Waals surface area contributed by atoms with Gasteiger partial charge in [-0.25, -0.2) is 0 Å². The van der Waals surface area contributed by atoms with Crippen molar-refractivity contribution in [3.63, 3.8) is 0 Å². The molecule has 3 N–H and O–H groups in total. The summed E-state index contributed by atoms with van der Waals surface area (Å²) in [4.78, 5) is 13.6. The van der Waals surface area contributed by atoms with E-state index in [9.17, 15) is 4.79 Å². The van der Waals surface area contributed by atoms with Gasteiger partial charge in [0.05, 0.1) is 4.88 Å². The summed E-state index contributed by atoms with van der Waals surface area (Å²) in [6.07, 6.45) is 5.52. The van der Waals surface area contributed by atoms with Crippen LogP contribution in [0.2, 0.25) is 0 Å². The molecule has 1 aliphatic heterocycles. The van der Waals surface area contributed by atoms with Gasteiger partial charge in [0, 0.05) is 23.8 Å². The Morgan fingerprint density at radius 1 is 1.33 bits per heavy atom. The quantitative estimate of drug-likeness (QED) is 0.786. The van der Waals surface area contributed by atoms with Crippen molar-refractivity contribution in [2.24, 2.45) is 0 Å². The smallest absolute Gasteiger partial charge is 0.261 e. The van der Waals surface area contributed by atoms with Gasteiger partial charge in [0.1, 0.15) is 0 Å². The molecule has 98 valence electrons. The summed E-state index contributed by atoms with van der Waals surface area (Å²) in [6.45, 7) is 6.52. The van der Waals surface area contributed by atoms with Gasteiger partial charge >= 0.3 is 0 Å². The summed E-state index contributed by atoms with van der Waals surface area (Å²) >= 11 is 1.50. The van der Waals surface area contributed by atoms with E-state index in [2.05, 4.69) is 16.2 Å². The fourth-order valence-electron chi connectivity index (χ4n) is 1.32. The highest BCUT2D eigenvalue weighted by atomic mass is 32.1.